The molecule has 1 N–H and O–H groups in total. The molecule has 2 fully saturated rings. The highest BCUT2D eigenvalue weighted by atomic mass is 32.2. The molecule has 10 heteroatoms. The predicted octanol–water partition coefficient (Wildman–Crippen LogP) is 2.74. The fourth-order valence-electron chi connectivity index (χ4n) is 3.57. The Labute approximate surface area is 169 Å². The van der Waals surface area contributed by atoms with Crippen LogP contribution >= 0.6 is 0 Å². The molecule has 0 unspecified atom stereocenters. The van der Waals surface area contributed by atoms with Crippen molar-refractivity contribution in [3.05, 3.63) is 35.7 Å². The fraction of sp³-hybridized carbons (Fsp3) is 0.526. The van der Waals surface area contributed by atoms with Gasteiger partial charge in [0.05, 0.1) is 4.90 Å². The van der Waals surface area contributed by atoms with Gasteiger partial charge in [-0.25, -0.2) is 8.42 Å². The zero-order valence-corrected chi connectivity index (χ0v) is 16.9. The third-order valence-electron chi connectivity index (χ3n) is 5.19. The third kappa shape index (κ3) is 4.49. The second kappa shape index (κ2) is 8.60. The van der Waals surface area contributed by atoms with Crippen LogP contribution in [0.25, 0.3) is 0 Å². The molecule has 2 aliphatic heterocycles. The summed E-state index contributed by atoms with van der Waals surface area (Å²) in [6.45, 7) is 1.73. The van der Waals surface area contributed by atoms with E-state index in [4.69, 9.17) is 9.15 Å². The molecule has 0 radical (unpaired) electrons. The molecule has 9 nitrogen and oxygen atoms in total. The van der Waals surface area contributed by atoms with E-state index in [9.17, 15) is 13.2 Å². The summed E-state index contributed by atoms with van der Waals surface area (Å²) < 4.78 is 38.1. The standard InChI is InChI=1S/C19H24N4O5S/c24-17(20-19-22-21-18(28-19)16-6-5-13-27-16)14-7-9-15(10-8-14)29(25,26)23-11-3-1-2-4-12-23/h7-10,16H,1-6,11-13H2,(H,20,22,24)/t16-/m0/s1. The third-order valence-corrected chi connectivity index (χ3v) is 7.10. The van der Waals surface area contributed by atoms with Crippen molar-refractivity contribution in [1.82, 2.24) is 14.5 Å². The van der Waals surface area contributed by atoms with E-state index in [0.717, 1.165) is 38.5 Å². The van der Waals surface area contributed by atoms with E-state index in [1.54, 1.807) is 0 Å². The van der Waals surface area contributed by atoms with E-state index in [1.807, 2.05) is 0 Å². The molecule has 1 aromatic carbocycles. The van der Waals surface area contributed by atoms with E-state index >= 15 is 0 Å². The molecule has 29 heavy (non-hydrogen) atoms. The minimum atomic E-state index is -3.55. The Balaban J connectivity index is 1.42. The summed E-state index contributed by atoms with van der Waals surface area (Å²) in [4.78, 5) is 12.6. The van der Waals surface area contributed by atoms with Gasteiger partial charge in [0.2, 0.25) is 15.9 Å². The highest BCUT2D eigenvalue weighted by Crippen LogP contribution is 2.28. The summed E-state index contributed by atoms with van der Waals surface area (Å²) in [5.74, 6) is -0.108. The minimum absolute atomic E-state index is 0.0123. The molecule has 0 spiro atoms. The monoisotopic (exact) mass is 420 g/mol. The molecule has 0 saturated carbocycles. The van der Waals surface area contributed by atoms with Crippen LogP contribution in [0.3, 0.4) is 0 Å². The Bertz CT molecular complexity index is 943. The molecule has 2 aliphatic rings. The number of sulfonamides is 1. The number of amides is 1. The summed E-state index contributed by atoms with van der Waals surface area (Å²) in [6.07, 6.45) is 5.36. The van der Waals surface area contributed by atoms with Gasteiger partial charge in [-0.1, -0.05) is 17.9 Å². The van der Waals surface area contributed by atoms with Gasteiger partial charge in [0.15, 0.2) is 0 Å². The quantitative estimate of drug-likeness (QED) is 0.791. The minimum Gasteiger partial charge on any atom is -0.405 e. The fourth-order valence-corrected chi connectivity index (χ4v) is 5.08. The van der Waals surface area contributed by atoms with Crippen molar-refractivity contribution in [3.8, 4) is 0 Å². The SMILES string of the molecule is O=C(Nc1nnc([C@@H]2CCCO2)o1)c1ccc(S(=O)(=O)N2CCCCCC2)cc1. The molecular formula is C19H24N4O5S. The first-order valence-electron chi connectivity index (χ1n) is 9.90. The largest absolute Gasteiger partial charge is 0.405 e. The van der Waals surface area contributed by atoms with Crippen LogP contribution < -0.4 is 5.32 Å². The molecule has 0 bridgehead atoms. The molecule has 1 aromatic heterocycles. The summed E-state index contributed by atoms with van der Waals surface area (Å²) in [5, 5.41) is 10.3. The number of nitrogens with one attached hydrogen (secondary N) is 1. The number of carbonyl (C=O) groups is 1. The van der Waals surface area contributed by atoms with Gasteiger partial charge in [0.1, 0.15) is 6.10 Å². The lowest BCUT2D eigenvalue weighted by Gasteiger charge is -2.19. The maximum absolute atomic E-state index is 12.8. The lowest BCUT2D eigenvalue weighted by molar-refractivity contribution is 0.0893. The number of benzene rings is 1. The van der Waals surface area contributed by atoms with Crippen LogP contribution in [0.5, 0.6) is 0 Å². The maximum atomic E-state index is 12.8. The normalized spacial score (nSPS) is 21.0. The van der Waals surface area contributed by atoms with Crippen LogP contribution in [0.2, 0.25) is 0 Å². The number of ether oxygens (including phenoxy) is 1. The van der Waals surface area contributed by atoms with Crippen molar-refractivity contribution in [1.29, 1.82) is 0 Å². The summed E-state index contributed by atoms with van der Waals surface area (Å²) in [5.41, 5.74) is 0.302. The predicted molar refractivity (Wildman–Crippen MR) is 104 cm³/mol. The van der Waals surface area contributed by atoms with Gasteiger partial charge < -0.3 is 9.15 Å². The van der Waals surface area contributed by atoms with Crippen molar-refractivity contribution in [2.75, 3.05) is 25.0 Å². The topological polar surface area (TPSA) is 115 Å². The smallest absolute Gasteiger partial charge is 0.322 e. The number of carbonyl (C=O) groups excluding carboxylic acids is 1. The Kier molecular flexibility index (Phi) is 5.93. The molecule has 1 atom stereocenters. The van der Waals surface area contributed by atoms with Gasteiger partial charge in [-0.15, -0.1) is 5.10 Å². The Morgan fingerprint density at radius 2 is 1.76 bits per heavy atom. The number of rotatable bonds is 5. The molecule has 1 amide bonds. The Morgan fingerprint density at radius 1 is 1.03 bits per heavy atom. The van der Waals surface area contributed by atoms with Gasteiger partial charge in [0, 0.05) is 25.3 Å². The second-order valence-corrected chi connectivity index (χ2v) is 9.18. The van der Waals surface area contributed by atoms with Gasteiger partial charge in [0.25, 0.3) is 5.91 Å². The second-order valence-electron chi connectivity index (χ2n) is 7.24. The highest BCUT2D eigenvalue weighted by Gasteiger charge is 2.26. The van der Waals surface area contributed by atoms with Crippen LogP contribution in [0.4, 0.5) is 6.01 Å². The zero-order chi connectivity index (χ0) is 20.3. The molecule has 2 saturated heterocycles. The van der Waals surface area contributed by atoms with Crippen molar-refractivity contribution in [3.63, 3.8) is 0 Å². The van der Waals surface area contributed by atoms with Crippen molar-refractivity contribution < 1.29 is 22.4 Å². The van der Waals surface area contributed by atoms with Gasteiger partial charge >= 0.3 is 6.01 Å². The van der Waals surface area contributed by atoms with E-state index < -0.39 is 15.9 Å². The molecular weight excluding hydrogens is 396 g/mol. The van der Waals surface area contributed by atoms with Crippen LogP contribution in [0.1, 0.15) is 60.9 Å². The number of nitrogens with zero attached hydrogens (tertiary/aromatic N) is 3. The molecule has 4 rings (SSSR count). The van der Waals surface area contributed by atoms with E-state index in [0.29, 0.717) is 31.2 Å². The molecule has 2 aromatic rings. The van der Waals surface area contributed by atoms with Gasteiger partial charge in [-0.3, -0.25) is 10.1 Å². The highest BCUT2D eigenvalue weighted by molar-refractivity contribution is 7.89. The number of anilines is 1. The molecule has 156 valence electrons. The van der Waals surface area contributed by atoms with Gasteiger partial charge in [-0.2, -0.15) is 4.31 Å². The van der Waals surface area contributed by atoms with Gasteiger partial charge in [-0.05, 0) is 49.9 Å². The average molecular weight is 420 g/mol. The lowest BCUT2D eigenvalue weighted by Crippen LogP contribution is -2.31. The van der Waals surface area contributed by atoms with Crippen LogP contribution in [-0.4, -0.2) is 48.5 Å². The number of aromatic nitrogens is 2. The Hall–Kier alpha value is -2.30. The average Bonchev–Trinajstić information content (AvgIpc) is 3.34. The first-order chi connectivity index (χ1) is 14.0. The first kappa shape index (κ1) is 20.0. The summed E-state index contributed by atoms with van der Waals surface area (Å²) in [7, 11) is -3.55. The Morgan fingerprint density at radius 3 is 2.41 bits per heavy atom. The van der Waals surface area contributed by atoms with Crippen molar-refractivity contribution in [2.45, 2.75) is 49.5 Å². The van der Waals surface area contributed by atoms with Crippen LogP contribution in [0.15, 0.2) is 33.6 Å². The first-order valence-corrected chi connectivity index (χ1v) is 11.3. The number of hydrogen-bond donors (Lipinski definition) is 1. The summed E-state index contributed by atoms with van der Waals surface area (Å²) >= 11 is 0. The zero-order valence-electron chi connectivity index (χ0n) is 16.0. The van der Waals surface area contributed by atoms with Crippen molar-refractivity contribution >= 4 is 21.9 Å². The van der Waals surface area contributed by atoms with Crippen LogP contribution in [0, 0.1) is 0 Å². The summed E-state index contributed by atoms with van der Waals surface area (Å²) in [6, 6.07) is 5.87. The van der Waals surface area contributed by atoms with Crippen molar-refractivity contribution in [2.24, 2.45) is 0 Å². The van der Waals surface area contributed by atoms with Crippen LogP contribution in [-0.2, 0) is 14.8 Å². The molecule has 0 aliphatic carbocycles. The number of hydrogen-bond acceptors (Lipinski definition) is 7. The van der Waals surface area contributed by atoms with E-state index in [-0.39, 0.29) is 17.0 Å². The molecule has 3 heterocycles. The van der Waals surface area contributed by atoms with E-state index in [2.05, 4.69) is 15.5 Å². The maximum Gasteiger partial charge on any atom is 0.322 e. The van der Waals surface area contributed by atoms with E-state index in [1.165, 1.54) is 28.6 Å². The lowest BCUT2D eigenvalue weighted by atomic mass is 10.2.